The van der Waals surface area contributed by atoms with Crippen molar-refractivity contribution in [2.24, 2.45) is 5.92 Å². The Bertz CT molecular complexity index is 642. The molecule has 0 heterocycles. The minimum absolute atomic E-state index is 0.132. The minimum atomic E-state index is -5.41. The fourth-order valence-electron chi connectivity index (χ4n) is 2.26. The molecular weight excluding hydrogens is 586 g/mol. The molecule has 0 aromatic carbocycles. The number of rotatable bonds is 18. The average molecular weight is 613 g/mol. The summed E-state index contributed by atoms with van der Waals surface area (Å²) in [5.41, 5.74) is 0. The number of hydrogen-bond acceptors (Lipinski definition) is 8. The van der Waals surface area contributed by atoms with Crippen LogP contribution < -0.4 is 0 Å². The molecule has 2 N–H and O–H groups in total. The normalized spacial score (nSPS) is 16.5. The van der Waals surface area contributed by atoms with E-state index < -0.39 is 39.4 Å². The van der Waals surface area contributed by atoms with Gasteiger partial charge in [0.15, 0.2) is 4.62 Å². The van der Waals surface area contributed by atoms with Crippen molar-refractivity contribution in [1.82, 2.24) is 0 Å². The molecule has 0 rings (SSSR count). The van der Waals surface area contributed by atoms with Crippen molar-refractivity contribution < 1.29 is 46.1 Å². The van der Waals surface area contributed by atoms with Crippen LogP contribution >= 0.6 is 81.0 Å². The molecular formula is C13H26Cl5O10P3. The topological polar surface area (TPSA) is 138 Å². The van der Waals surface area contributed by atoms with Crippen LogP contribution in [0.15, 0.2) is 0 Å². The van der Waals surface area contributed by atoms with Crippen LogP contribution in [0.25, 0.3) is 0 Å². The summed E-state index contributed by atoms with van der Waals surface area (Å²) in [5.74, 6) is -3.92. The fourth-order valence-corrected chi connectivity index (χ4v) is 9.81. The van der Waals surface area contributed by atoms with Crippen molar-refractivity contribution in [3.8, 4) is 0 Å². The first-order chi connectivity index (χ1) is 14.3. The van der Waals surface area contributed by atoms with Crippen LogP contribution in [0.3, 0.4) is 0 Å². The van der Waals surface area contributed by atoms with E-state index in [4.69, 9.17) is 80.6 Å². The maximum Gasteiger partial charge on any atom is 0.470 e. The van der Waals surface area contributed by atoms with E-state index in [1.54, 1.807) is 0 Å². The maximum atomic E-state index is 13.8. The molecule has 18 heteroatoms. The van der Waals surface area contributed by atoms with Crippen molar-refractivity contribution >= 4 is 81.0 Å². The Labute approximate surface area is 206 Å². The smallest absolute Gasteiger partial charge is 0.306 e. The molecule has 2 atom stereocenters. The summed E-state index contributed by atoms with van der Waals surface area (Å²) in [6, 6.07) is 0. The van der Waals surface area contributed by atoms with Gasteiger partial charge in [0.1, 0.15) is 0 Å². The van der Waals surface area contributed by atoms with E-state index in [9.17, 15) is 23.5 Å². The molecule has 0 radical (unpaired) electrons. The van der Waals surface area contributed by atoms with Gasteiger partial charge in [-0.2, -0.15) is 0 Å². The van der Waals surface area contributed by atoms with E-state index in [1.807, 2.05) is 0 Å². The molecule has 0 saturated heterocycles. The third kappa shape index (κ3) is 9.79. The molecule has 0 aliphatic rings. The zero-order valence-corrected chi connectivity index (χ0v) is 23.2. The Hall–Kier alpha value is 1.86. The SMILES string of the molecule is CC(C)C(Cl)(C(OP(=O)(O)O)P(=O)(OCCCl)OCCCl)P(=O)(OCCCl)OCCCl. The van der Waals surface area contributed by atoms with Gasteiger partial charge in [-0.3, -0.25) is 13.7 Å². The third-order valence-electron chi connectivity index (χ3n) is 3.47. The van der Waals surface area contributed by atoms with Crippen molar-refractivity contribution in [1.29, 1.82) is 0 Å². The highest BCUT2D eigenvalue weighted by molar-refractivity contribution is 7.62. The fraction of sp³-hybridized carbons (Fsp3) is 1.00. The first kappa shape index (κ1) is 32.9. The van der Waals surface area contributed by atoms with Crippen LogP contribution in [0.1, 0.15) is 13.8 Å². The third-order valence-corrected chi connectivity index (χ3v) is 11.2. The predicted octanol–water partition coefficient (Wildman–Crippen LogP) is 5.42. The number of alkyl halides is 5. The second-order valence-corrected chi connectivity index (χ2v) is 13.9. The molecule has 0 fully saturated rings. The van der Waals surface area contributed by atoms with Gasteiger partial charge in [-0.25, -0.2) is 4.57 Å². The monoisotopic (exact) mass is 610 g/mol. The van der Waals surface area contributed by atoms with Crippen LogP contribution in [0.4, 0.5) is 0 Å². The number of phosphoric acid groups is 1. The second-order valence-electron chi connectivity index (χ2n) is 5.96. The van der Waals surface area contributed by atoms with Crippen molar-refractivity contribution in [2.75, 3.05) is 49.9 Å². The van der Waals surface area contributed by atoms with E-state index in [1.165, 1.54) is 13.8 Å². The molecule has 2 unspecified atom stereocenters. The highest BCUT2D eigenvalue weighted by Gasteiger charge is 2.66. The van der Waals surface area contributed by atoms with Crippen LogP contribution in [0, 0.1) is 5.92 Å². The number of halogens is 5. The summed E-state index contributed by atoms with van der Waals surface area (Å²) in [4.78, 5) is 19.0. The lowest BCUT2D eigenvalue weighted by Crippen LogP contribution is -2.45. The quantitative estimate of drug-likeness (QED) is 0.152. The highest BCUT2D eigenvalue weighted by atomic mass is 35.5. The zero-order chi connectivity index (χ0) is 24.3. The Morgan fingerprint density at radius 3 is 1.42 bits per heavy atom. The van der Waals surface area contributed by atoms with E-state index in [0.29, 0.717) is 0 Å². The van der Waals surface area contributed by atoms with Crippen LogP contribution in [0.2, 0.25) is 0 Å². The molecule has 0 aliphatic heterocycles. The summed E-state index contributed by atoms with van der Waals surface area (Å²) in [6.45, 7) is 1.39. The van der Waals surface area contributed by atoms with E-state index in [2.05, 4.69) is 0 Å². The van der Waals surface area contributed by atoms with Gasteiger partial charge in [-0.05, 0) is 5.92 Å². The zero-order valence-electron chi connectivity index (χ0n) is 16.7. The lowest BCUT2D eigenvalue weighted by molar-refractivity contribution is 0.0969. The Morgan fingerprint density at radius 1 is 0.774 bits per heavy atom. The number of hydrogen-bond donors (Lipinski definition) is 2. The molecule has 0 amide bonds. The Kier molecular flexibility index (Phi) is 16.0. The first-order valence-corrected chi connectivity index (χ1v) is 15.9. The Morgan fingerprint density at radius 2 is 1.13 bits per heavy atom. The van der Waals surface area contributed by atoms with Gasteiger partial charge < -0.3 is 27.9 Å². The standard InChI is InChI=1S/C13H26Cl5O10P3/c1-11(2)13(18,30(20,26-9-5-16)27-10-6-17)12(28-31(21,22)23)29(19,24-7-3-14)25-8-4-15/h11-12H,3-10H2,1-2H3,(H2,21,22,23). The van der Waals surface area contributed by atoms with Gasteiger partial charge in [-0.1, -0.05) is 13.8 Å². The molecule has 0 spiro atoms. The molecule has 0 aliphatic carbocycles. The summed E-state index contributed by atoms with van der Waals surface area (Å²) in [5, 5.41) is 0. The van der Waals surface area contributed by atoms with Gasteiger partial charge in [-0.15, -0.1) is 58.0 Å². The summed E-state index contributed by atoms with van der Waals surface area (Å²) in [7, 11) is -14.7. The van der Waals surface area contributed by atoms with Crippen molar-refractivity contribution in [3.63, 3.8) is 0 Å². The lowest BCUT2D eigenvalue weighted by atomic mass is 10.1. The second kappa shape index (κ2) is 15.1. The molecule has 0 saturated carbocycles. The highest BCUT2D eigenvalue weighted by Crippen LogP contribution is 2.75. The first-order valence-electron chi connectivity index (χ1n) is 8.72. The van der Waals surface area contributed by atoms with E-state index in [0.717, 1.165) is 0 Å². The molecule has 188 valence electrons. The minimum Gasteiger partial charge on any atom is -0.306 e. The van der Waals surface area contributed by atoms with Gasteiger partial charge in [0, 0.05) is 23.5 Å². The number of phosphoric ester groups is 1. The van der Waals surface area contributed by atoms with E-state index in [-0.39, 0.29) is 49.9 Å². The summed E-state index contributed by atoms with van der Waals surface area (Å²) in [6.07, 6.45) is 0. The molecule has 31 heavy (non-hydrogen) atoms. The van der Waals surface area contributed by atoms with Gasteiger partial charge >= 0.3 is 23.0 Å². The maximum absolute atomic E-state index is 13.8. The lowest BCUT2D eigenvalue weighted by Gasteiger charge is -2.43. The van der Waals surface area contributed by atoms with Crippen LogP contribution in [-0.4, -0.2) is 70.2 Å². The van der Waals surface area contributed by atoms with Gasteiger partial charge in [0.2, 0.25) is 5.85 Å². The van der Waals surface area contributed by atoms with Gasteiger partial charge in [0.25, 0.3) is 0 Å². The average Bonchev–Trinajstić information content (AvgIpc) is 2.70. The van der Waals surface area contributed by atoms with Crippen LogP contribution in [-0.2, 0) is 36.3 Å². The summed E-state index contributed by atoms with van der Waals surface area (Å²) >= 11 is 29.1. The largest absolute Gasteiger partial charge is 0.470 e. The summed E-state index contributed by atoms with van der Waals surface area (Å²) < 4.78 is 62.5. The molecule has 0 bridgehead atoms. The molecule has 10 nitrogen and oxygen atoms in total. The molecule has 0 aromatic rings. The van der Waals surface area contributed by atoms with Crippen LogP contribution in [0.5, 0.6) is 0 Å². The predicted molar refractivity (Wildman–Crippen MR) is 122 cm³/mol. The van der Waals surface area contributed by atoms with Gasteiger partial charge in [0.05, 0.1) is 26.4 Å². The van der Waals surface area contributed by atoms with Crippen molar-refractivity contribution in [3.05, 3.63) is 0 Å². The van der Waals surface area contributed by atoms with Crippen molar-refractivity contribution in [2.45, 2.75) is 24.3 Å². The Balaban J connectivity index is 6.84. The van der Waals surface area contributed by atoms with E-state index >= 15 is 0 Å². The molecule has 0 aromatic heterocycles.